The van der Waals surface area contributed by atoms with Crippen LogP contribution in [-0.2, 0) is 13.8 Å². The molecule has 1 aliphatic carbocycles. The smallest absolute Gasteiger partial charge is 0.338 e. The molecule has 1 fully saturated rings. The van der Waals surface area contributed by atoms with Gasteiger partial charge >= 0.3 is 5.97 Å². The van der Waals surface area contributed by atoms with Gasteiger partial charge in [-0.05, 0) is 50.3 Å². The van der Waals surface area contributed by atoms with E-state index in [9.17, 15) is 13.2 Å². The average Bonchev–Trinajstić information content (AvgIpc) is 2.41. The van der Waals surface area contributed by atoms with Crippen LogP contribution in [0.2, 0.25) is 0 Å². The topological polar surface area (TPSA) is 60.4 Å². The molecule has 4 nitrogen and oxygen atoms in total. The lowest BCUT2D eigenvalue weighted by molar-refractivity contribution is 0.0211. The minimum atomic E-state index is -3.91. The quantitative estimate of drug-likeness (QED) is 0.569. The maximum atomic E-state index is 12.2. The number of benzene rings is 1. The molecular formula is C14H16BrClO4S. The summed E-state index contributed by atoms with van der Waals surface area (Å²) in [5, 5.41) is 0. The predicted octanol–water partition coefficient (Wildman–Crippen LogP) is 4.17. The summed E-state index contributed by atoms with van der Waals surface area (Å²) in [5.74, 6) is -0.510. The van der Waals surface area contributed by atoms with Crippen molar-refractivity contribution < 1.29 is 17.9 Å². The van der Waals surface area contributed by atoms with Crippen molar-refractivity contribution in [3.05, 3.63) is 27.7 Å². The van der Waals surface area contributed by atoms with Crippen LogP contribution >= 0.6 is 26.6 Å². The number of carbonyl (C=O) groups is 1. The number of hydrogen-bond donors (Lipinski definition) is 0. The van der Waals surface area contributed by atoms with Crippen molar-refractivity contribution in [2.24, 2.45) is 0 Å². The van der Waals surface area contributed by atoms with Gasteiger partial charge in [0.15, 0.2) is 0 Å². The Morgan fingerprint density at radius 2 is 1.90 bits per heavy atom. The molecule has 0 saturated heterocycles. The van der Waals surface area contributed by atoms with Crippen LogP contribution in [0.15, 0.2) is 21.5 Å². The molecule has 0 atom stereocenters. The van der Waals surface area contributed by atoms with E-state index in [1.165, 1.54) is 12.5 Å². The van der Waals surface area contributed by atoms with Gasteiger partial charge in [0.1, 0.15) is 6.10 Å². The zero-order valence-electron chi connectivity index (χ0n) is 11.6. The van der Waals surface area contributed by atoms with Gasteiger partial charge in [0.05, 0.1) is 10.5 Å². The summed E-state index contributed by atoms with van der Waals surface area (Å²) in [6.45, 7) is 1.62. The Balaban J connectivity index is 2.27. The van der Waals surface area contributed by atoms with E-state index in [0.717, 1.165) is 25.7 Å². The molecule has 0 amide bonds. The predicted molar refractivity (Wildman–Crippen MR) is 84.2 cm³/mol. The molecule has 0 bridgehead atoms. The van der Waals surface area contributed by atoms with E-state index in [1.807, 2.05) is 0 Å². The second kappa shape index (κ2) is 6.67. The van der Waals surface area contributed by atoms with Crippen LogP contribution in [0.1, 0.15) is 48.0 Å². The second-order valence-electron chi connectivity index (χ2n) is 5.18. The third kappa shape index (κ3) is 4.20. The Hall–Kier alpha value is -0.590. The average molecular weight is 396 g/mol. The van der Waals surface area contributed by atoms with Crippen molar-refractivity contribution in [1.29, 1.82) is 0 Å². The van der Waals surface area contributed by atoms with Gasteiger partial charge in [-0.3, -0.25) is 0 Å². The number of ether oxygens (including phenoxy) is 1. The molecule has 0 N–H and O–H groups in total. The Labute approximate surface area is 137 Å². The highest BCUT2D eigenvalue weighted by molar-refractivity contribution is 9.10. The second-order valence-corrected chi connectivity index (χ2v) is 8.57. The van der Waals surface area contributed by atoms with Crippen LogP contribution in [-0.4, -0.2) is 20.5 Å². The summed E-state index contributed by atoms with van der Waals surface area (Å²) >= 11 is 3.25. The maximum absolute atomic E-state index is 12.2. The normalized spacial score (nSPS) is 16.7. The highest BCUT2D eigenvalue weighted by Crippen LogP contribution is 2.29. The Bertz CT molecular complexity index is 651. The van der Waals surface area contributed by atoms with Crippen LogP contribution in [0, 0.1) is 6.92 Å². The van der Waals surface area contributed by atoms with E-state index in [2.05, 4.69) is 15.9 Å². The molecule has 0 heterocycles. The van der Waals surface area contributed by atoms with Crippen molar-refractivity contribution in [1.82, 2.24) is 0 Å². The summed E-state index contributed by atoms with van der Waals surface area (Å²) in [7, 11) is 1.49. The van der Waals surface area contributed by atoms with Gasteiger partial charge in [-0.1, -0.05) is 22.4 Å². The molecule has 0 spiro atoms. The van der Waals surface area contributed by atoms with Crippen molar-refractivity contribution in [2.75, 3.05) is 0 Å². The van der Waals surface area contributed by atoms with Crippen molar-refractivity contribution in [2.45, 2.75) is 50.0 Å². The summed E-state index contributed by atoms with van der Waals surface area (Å²) in [6.07, 6.45) is 4.91. The molecular weight excluding hydrogens is 380 g/mol. The van der Waals surface area contributed by atoms with Crippen molar-refractivity contribution in [3.8, 4) is 0 Å². The zero-order chi connectivity index (χ0) is 15.6. The van der Waals surface area contributed by atoms with Crippen LogP contribution in [0.25, 0.3) is 0 Å². The molecule has 116 valence electrons. The molecule has 21 heavy (non-hydrogen) atoms. The molecule has 1 saturated carbocycles. The first kappa shape index (κ1) is 16.8. The van der Waals surface area contributed by atoms with Gasteiger partial charge in [-0.2, -0.15) is 0 Å². The molecule has 0 radical (unpaired) electrons. The van der Waals surface area contributed by atoms with Gasteiger partial charge in [-0.25, -0.2) is 13.2 Å². The fourth-order valence-corrected chi connectivity index (χ4v) is 4.24. The first-order chi connectivity index (χ1) is 9.79. The Morgan fingerprint density at radius 1 is 1.29 bits per heavy atom. The molecule has 0 aromatic heterocycles. The number of rotatable bonds is 3. The van der Waals surface area contributed by atoms with Gasteiger partial charge in [-0.15, -0.1) is 0 Å². The first-order valence-corrected chi connectivity index (χ1v) is 9.85. The largest absolute Gasteiger partial charge is 0.459 e. The van der Waals surface area contributed by atoms with Gasteiger partial charge in [0, 0.05) is 15.2 Å². The fourth-order valence-electron chi connectivity index (χ4n) is 2.43. The van der Waals surface area contributed by atoms with Crippen LogP contribution in [0.5, 0.6) is 0 Å². The summed E-state index contributed by atoms with van der Waals surface area (Å²) in [4.78, 5) is 12.1. The number of halogens is 2. The van der Waals surface area contributed by atoms with Crippen LogP contribution < -0.4 is 0 Å². The fraction of sp³-hybridized carbons (Fsp3) is 0.500. The van der Waals surface area contributed by atoms with E-state index in [-0.39, 0.29) is 16.6 Å². The van der Waals surface area contributed by atoms with E-state index in [0.29, 0.717) is 10.0 Å². The number of esters is 1. The van der Waals surface area contributed by atoms with Crippen LogP contribution in [0.4, 0.5) is 0 Å². The van der Waals surface area contributed by atoms with E-state index < -0.39 is 15.0 Å². The van der Waals surface area contributed by atoms with Crippen molar-refractivity contribution >= 4 is 41.6 Å². The molecule has 1 aromatic carbocycles. The third-order valence-electron chi connectivity index (χ3n) is 3.62. The maximum Gasteiger partial charge on any atom is 0.338 e. The van der Waals surface area contributed by atoms with Crippen molar-refractivity contribution in [3.63, 3.8) is 0 Å². The Morgan fingerprint density at radius 3 is 2.48 bits per heavy atom. The number of carbonyl (C=O) groups excluding carboxylic acids is 1. The van der Waals surface area contributed by atoms with E-state index in [4.69, 9.17) is 15.4 Å². The summed E-state index contributed by atoms with van der Waals surface area (Å²) in [6, 6.07) is 2.83. The SMILES string of the molecule is Cc1c(Br)cc(C(=O)OC2CCCCC2)cc1S(=O)(=O)Cl. The standard InChI is InChI=1S/C14H16BrClO4S/c1-9-12(15)7-10(8-13(9)21(16,18)19)14(17)20-11-5-3-2-4-6-11/h7-8,11H,2-6H2,1H3. The molecule has 1 aromatic rings. The first-order valence-electron chi connectivity index (χ1n) is 6.75. The van der Waals surface area contributed by atoms with Crippen LogP contribution in [0.3, 0.4) is 0 Å². The minimum absolute atomic E-state index is 0.0749. The van der Waals surface area contributed by atoms with Gasteiger partial charge < -0.3 is 4.74 Å². The van der Waals surface area contributed by atoms with E-state index in [1.54, 1.807) is 13.0 Å². The highest BCUT2D eigenvalue weighted by atomic mass is 79.9. The summed E-state index contributed by atoms with van der Waals surface area (Å²) < 4.78 is 29.1. The molecule has 7 heteroatoms. The third-order valence-corrected chi connectivity index (χ3v) is 5.89. The molecule has 2 rings (SSSR count). The highest BCUT2D eigenvalue weighted by Gasteiger charge is 2.22. The summed E-state index contributed by atoms with van der Waals surface area (Å²) in [5.41, 5.74) is 0.663. The lowest BCUT2D eigenvalue weighted by Crippen LogP contribution is -2.21. The molecule has 0 aliphatic heterocycles. The minimum Gasteiger partial charge on any atom is -0.459 e. The lowest BCUT2D eigenvalue weighted by Gasteiger charge is -2.22. The van der Waals surface area contributed by atoms with E-state index >= 15 is 0 Å². The Kier molecular flexibility index (Phi) is 5.33. The van der Waals surface area contributed by atoms with Gasteiger partial charge in [0.2, 0.25) is 0 Å². The van der Waals surface area contributed by atoms with Gasteiger partial charge in [0.25, 0.3) is 9.05 Å². The molecule has 1 aliphatic rings. The lowest BCUT2D eigenvalue weighted by atomic mass is 9.98. The molecule has 0 unspecified atom stereocenters. The number of hydrogen-bond acceptors (Lipinski definition) is 4. The zero-order valence-corrected chi connectivity index (χ0v) is 14.7. The monoisotopic (exact) mass is 394 g/mol.